The number of aldehydes is 1. The van der Waals surface area contributed by atoms with Gasteiger partial charge in [-0.3, -0.25) is 4.79 Å². The second-order valence-electron chi connectivity index (χ2n) is 3.59. The monoisotopic (exact) mass is 284 g/mol. The van der Waals surface area contributed by atoms with E-state index in [2.05, 4.69) is 5.10 Å². The smallest absolute Gasteiger partial charge is 0.155 e. The van der Waals surface area contributed by atoms with Crippen LogP contribution in [0.5, 0.6) is 0 Å². The quantitative estimate of drug-likeness (QED) is 0.811. The van der Waals surface area contributed by atoms with Crippen molar-refractivity contribution in [2.75, 3.05) is 7.11 Å². The lowest BCUT2D eigenvalue weighted by atomic mass is 10.3. The van der Waals surface area contributed by atoms with E-state index in [1.807, 2.05) is 0 Å². The van der Waals surface area contributed by atoms with Crippen LogP contribution in [0.3, 0.4) is 0 Å². The summed E-state index contributed by atoms with van der Waals surface area (Å²) >= 11 is 12.0. The third-order valence-electron chi connectivity index (χ3n) is 2.39. The van der Waals surface area contributed by atoms with Crippen molar-refractivity contribution in [3.8, 4) is 5.69 Å². The van der Waals surface area contributed by atoms with E-state index in [0.717, 1.165) is 0 Å². The Labute approximate surface area is 114 Å². The van der Waals surface area contributed by atoms with E-state index in [0.29, 0.717) is 28.3 Å². The molecule has 4 nitrogen and oxygen atoms in total. The lowest BCUT2D eigenvalue weighted by Gasteiger charge is -2.02. The van der Waals surface area contributed by atoms with Crippen LogP contribution in [-0.2, 0) is 11.3 Å². The van der Waals surface area contributed by atoms with Gasteiger partial charge in [0.05, 0.1) is 17.9 Å². The lowest BCUT2D eigenvalue weighted by Crippen LogP contribution is -1.97. The molecule has 6 heteroatoms. The predicted molar refractivity (Wildman–Crippen MR) is 69.7 cm³/mol. The van der Waals surface area contributed by atoms with E-state index in [9.17, 15) is 4.79 Å². The number of hydrogen-bond acceptors (Lipinski definition) is 3. The van der Waals surface area contributed by atoms with Crippen LogP contribution >= 0.6 is 23.2 Å². The summed E-state index contributed by atoms with van der Waals surface area (Å²) in [7, 11) is 1.53. The summed E-state index contributed by atoms with van der Waals surface area (Å²) in [6.07, 6.45) is 0.671. The zero-order valence-corrected chi connectivity index (χ0v) is 11.1. The Morgan fingerprint density at radius 2 is 2.22 bits per heavy atom. The summed E-state index contributed by atoms with van der Waals surface area (Å²) in [4.78, 5) is 11.0. The van der Waals surface area contributed by atoms with Crippen molar-refractivity contribution >= 4 is 29.5 Å². The number of aromatic nitrogens is 2. The standard InChI is InChI=1S/C12H10Cl2N2O2/c1-18-7-11-10(6-17)12(14)16(15-11)9-4-2-3-8(13)5-9/h2-6H,7H2,1H3. The second kappa shape index (κ2) is 5.52. The van der Waals surface area contributed by atoms with Crippen molar-refractivity contribution in [2.24, 2.45) is 0 Å². The third kappa shape index (κ3) is 2.41. The van der Waals surface area contributed by atoms with Crippen LogP contribution in [0, 0.1) is 0 Å². The molecule has 0 N–H and O–H groups in total. The van der Waals surface area contributed by atoms with Gasteiger partial charge in [-0.1, -0.05) is 29.3 Å². The number of nitrogens with zero attached hydrogens (tertiary/aromatic N) is 2. The fraction of sp³-hybridized carbons (Fsp3) is 0.167. The first-order valence-electron chi connectivity index (χ1n) is 5.15. The van der Waals surface area contributed by atoms with E-state index < -0.39 is 0 Å². The maximum Gasteiger partial charge on any atom is 0.155 e. The summed E-state index contributed by atoms with van der Waals surface area (Å²) < 4.78 is 6.44. The molecular formula is C12H10Cl2N2O2. The Bertz CT molecular complexity index is 581. The number of hydrogen-bond donors (Lipinski definition) is 0. The number of benzene rings is 1. The molecule has 1 aromatic carbocycles. The Kier molecular flexibility index (Phi) is 4.01. The Morgan fingerprint density at radius 3 is 2.83 bits per heavy atom. The molecule has 0 aliphatic rings. The van der Waals surface area contributed by atoms with Crippen molar-refractivity contribution in [3.05, 3.63) is 45.7 Å². The highest BCUT2D eigenvalue weighted by Crippen LogP contribution is 2.24. The van der Waals surface area contributed by atoms with Gasteiger partial charge < -0.3 is 4.74 Å². The first kappa shape index (κ1) is 13.1. The number of rotatable bonds is 4. The van der Waals surface area contributed by atoms with Gasteiger partial charge in [0.25, 0.3) is 0 Å². The molecule has 18 heavy (non-hydrogen) atoms. The Morgan fingerprint density at radius 1 is 1.44 bits per heavy atom. The number of ether oxygens (including phenoxy) is 1. The number of methoxy groups -OCH3 is 1. The van der Waals surface area contributed by atoms with Crippen LogP contribution in [0.4, 0.5) is 0 Å². The van der Waals surface area contributed by atoms with Crippen LogP contribution in [0.25, 0.3) is 5.69 Å². The van der Waals surface area contributed by atoms with Crippen LogP contribution in [0.1, 0.15) is 16.1 Å². The summed E-state index contributed by atoms with van der Waals surface area (Å²) in [5.74, 6) is 0. The molecule has 0 aliphatic heterocycles. The molecule has 0 spiro atoms. The average Bonchev–Trinajstić information content (AvgIpc) is 2.66. The van der Waals surface area contributed by atoms with E-state index in [-0.39, 0.29) is 11.8 Å². The molecule has 0 bridgehead atoms. The molecule has 0 radical (unpaired) electrons. The van der Waals surface area contributed by atoms with Crippen molar-refractivity contribution in [2.45, 2.75) is 6.61 Å². The van der Waals surface area contributed by atoms with E-state index in [1.165, 1.54) is 11.8 Å². The highest BCUT2D eigenvalue weighted by Gasteiger charge is 2.16. The molecule has 1 heterocycles. The fourth-order valence-electron chi connectivity index (χ4n) is 1.59. The van der Waals surface area contributed by atoms with Crippen molar-refractivity contribution in [1.82, 2.24) is 9.78 Å². The highest BCUT2D eigenvalue weighted by atomic mass is 35.5. The first-order chi connectivity index (χ1) is 8.67. The van der Waals surface area contributed by atoms with Crippen molar-refractivity contribution in [1.29, 1.82) is 0 Å². The van der Waals surface area contributed by atoms with Crippen molar-refractivity contribution in [3.63, 3.8) is 0 Å². The zero-order valence-electron chi connectivity index (χ0n) is 9.56. The van der Waals surface area contributed by atoms with E-state index in [4.69, 9.17) is 27.9 Å². The minimum Gasteiger partial charge on any atom is -0.378 e. The van der Waals surface area contributed by atoms with Gasteiger partial charge in [0.1, 0.15) is 10.8 Å². The second-order valence-corrected chi connectivity index (χ2v) is 4.39. The van der Waals surface area contributed by atoms with Crippen molar-refractivity contribution < 1.29 is 9.53 Å². The van der Waals surface area contributed by atoms with Gasteiger partial charge in [-0.2, -0.15) is 5.10 Å². The molecule has 0 saturated carbocycles. The number of carbonyl (C=O) groups is 1. The summed E-state index contributed by atoms with van der Waals surface area (Å²) in [5, 5.41) is 5.07. The SMILES string of the molecule is COCc1nn(-c2cccc(Cl)c2)c(Cl)c1C=O. The van der Waals surface area contributed by atoms with Gasteiger partial charge in [0.2, 0.25) is 0 Å². The van der Waals surface area contributed by atoms with Gasteiger partial charge in [-0.25, -0.2) is 4.68 Å². The topological polar surface area (TPSA) is 44.1 Å². The average molecular weight is 285 g/mol. The molecule has 0 fully saturated rings. The Hall–Kier alpha value is -1.36. The molecule has 0 unspecified atom stereocenters. The molecule has 2 rings (SSSR count). The van der Waals surface area contributed by atoms with Gasteiger partial charge in [-0.15, -0.1) is 0 Å². The van der Waals surface area contributed by atoms with Gasteiger partial charge in [0.15, 0.2) is 6.29 Å². The largest absolute Gasteiger partial charge is 0.378 e. The first-order valence-corrected chi connectivity index (χ1v) is 5.90. The summed E-state index contributed by atoms with van der Waals surface area (Å²) in [6, 6.07) is 7.05. The highest BCUT2D eigenvalue weighted by molar-refractivity contribution is 6.32. The molecule has 0 atom stereocenters. The predicted octanol–water partition coefficient (Wildman–Crippen LogP) is 3.14. The molecule has 0 saturated heterocycles. The summed E-state index contributed by atoms with van der Waals surface area (Å²) in [5.41, 5.74) is 1.52. The van der Waals surface area contributed by atoms with Crippen LogP contribution in [0.2, 0.25) is 10.2 Å². The third-order valence-corrected chi connectivity index (χ3v) is 2.99. The maximum atomic E-state index is 11.0. The molecule has 2 aromatic rings. The van der Waals surface area contributed by atoms with Crippen LogP contribution in [-0.4, -0.2) is 23.2 Å². The number of carbonyl (C=O) groups excluding carboxylic acids is 1. The van der Waals surface area contributed by atoms with Crippen LogP contribution in [0.15, 0.2) is 24.3 Å². The zero-order chi connectivity index (χ0) is 13.1. The normalized spacial score (nSPS) is 10.6. The molecular weight excluding hydrogens is 275 g/mol. The lowest BCUT2D eigenvalue weighted by molar-refractivity contribution is 0.111. The van der Waals surface area contributed by atoms with Gasteiger partial charge in [0, 0.05) is 12.1 Å². The maximum absolute atomic E-state index is 11.0. The molecule has 1 aromatic heterocycles. The van der Waals surface area contributed by atoms with E-state index in [1.54, 1.807) is 24.3 Å². The molecule has 0 amide bonds. The van der Waals surface area contributed by atoms with Gasteiger partial charge in [-0.05, 0) is 18.2 Å². The van der Waals surface area contributed by atoms with Crippen LogP contribution < -0.4 is 0 Å². The fourth-order valence-corrected chi connectivity index (χ4v) is 2.06. The minimum atomic E-state index is 0.224. The van der Waals surface area contributed by atoms with E-state index >= 15 is 0 Å². The number of halogens is 2. The molecule has 0 aliphatic carbocycles. The Balaban J connectivity index is 2.54. The molecule has 94 valence electrons. The summed E-state index contributed by atoms with van der Waals surface area (Å²) in [6.45, 7) is 0.224. The minimum absolute atomic E-state index is 0.224. The van der Waals surface area contributed by atoms with Gasteiger partial charge >= 0.3 is 0 Å².